The standard InChI is InChI=1S/C14H21NO4S/c1-14(2,3)19-13(18)15-8-9(16)7-10(15)12(17)11-5-4-6-20-11/h4-6,9-10,12,16-17H,7-8H2,1-3H3/t9-,10-,12-/m0/s1. The largest absolute Gasteiger partial charge is 0.444 e. The van der Waals surface area contributed by atoms with E-state index in [1.807, 2.05) is 17.5 Å². The van der Waals surface area contributed by atoms with Gasteiger partial charge in [0.1, 0.15) is 11.7 Å². The van der Waals surface area contributed by atoms with Gasteiger partial charge >= 0.3 is 6.09 Å². The van der Waals surface area contributed by atoms with E-state index in [2.05, 4.69) is 0 Å². The summed E-state index contributed by atoms with van der Waals surface area (Å²) >= 11 is 1.44. The number of likely N-dealkylation sites (tertiary alicyclic amines) is 1. The Morgan fingerprint density at radius 2 is 2.25 bits per heavy atom. The van der Waals surface area contributed by atoms with Gasteiger partial charge in [0, 0.05) is 4.88 Å². The van der Waals surface area contributed by atoms with Crippen LogP contribution in [0.15, 0.2) is 17.5 Å². The molecule has 2 rings (SSSR count). The Balaban J connectivity index is 2.12. The summed E-state index contributed by atoms with van der Waals surface area (Å²) in [6.07, 6.45) is -1.55. The molecular weight excluding hydrogens is 278 g/mol. The lowest BCUT2D eigenvalue weighted by Gasteiger charge is -2.30. The van der Waals surface area contributed by atoms with E-state index in [0.717, 1.165) is 4.88 Å². The second kappa shape index (κ2) is 5.71. The van der Waals surface area contributed by atoms with Crippen molar-refractivity contribution in [3.8, 4) is 0 Å². The van der Waals surface area contributed by atoms with Crippen LogP contribution in [0, 0.1) is 0 Å². The highest BCUT2D eigenvalue weighted by Crippen LogP contribution is 2.32. The van der Waals surface area contributed by atoms with Gasteiger partial charge in [0.15, 0.2) is 0 Å². The Morgan fingerprint density at radius 1 is 1.55 bits per heavy atom. The van der Waals surface area contributed by atoms with Crippen LogP contribution in [0.2, 0.25) is 0 Å². The fraction of sp³-hybridized carbons (Fsp3) is 0.643. The molecule has 112 valence electrons. The number of rotatable bonds is 2. The summed E-state index contributed by atoms with van der Waals surface area (Å²) in [6.45, 7) is 5.58. The van der Waals surface area contributed by atoms with E-state index in [-0.39, 0.29) is 6.54 Å². The topological polar surface area (TPSA) is 70.0 Å². The number of amides is 1. The highest BCUT2D eigenvalue weighted by atomic mass is 32.1. The molecule has 0 saturated carbocycles. The minimum Gasteiger partial charge on any atom is -0.444 e. The molecule has 0 bridgehead atoms. The van der Waals surface area contributed by atoms with Crippen LogP contribution in [0.4, 0.5) is 4.79 Å². The molecule has 5 nitrogen and oxygen atoms in total. The van der Waals surface area contributed by atoms with Crippen LogP contribution >= 0.6 is 11.3 Å². The van der Waals surface area contributed by atoms with Crippen LogP contribution in [0.5, 0.6) is 0 Å². The van der Waals surface area contributed by atoms with Gasteiger partial charge in [0.05, 0.1) is 18.7 Å². The number of aliphatic hydroxyl groups is 2. The van der Waals surface area contributed by atoms with E-state index in [4.69, 9.17) is 4.74 Å². The maximum Gasteiger partial charge on any atom is 0.410 e. The van der Waals surface area contributed by atoms with Crippen molar-refractivity contribution >= 4 is 17.4 Å². The first kappa shape index (κ1) is 15.3. The number of carbonyl (C=O) groups excluding carboxylic acids is 1. The van der Waals surface area contributed by atoms with E-state index in [0.29, 0.717) is 6.42 Å². The van der Waals surface area contributed by atoms with Crippen molar-refractivity contribution in [2.24, 2.45) is 0 Å². The van der Waals surface area contributed by atoms with Gasteiger partial charge in [0.25, 0.3) is 0 Å². The van der Waals surface area contributed by atoms with Crippen LogP contribution < -0.4 is 0 Å². The van der Waals surface area contributed by atoms with Crippen molar-refractivity contribution in [3.05, 3.63) is 22.4 Å². The van der Waals surface area contributed by atoms with Crippen LogP contribution in [0.1, 0.15) is 38.2 Å². The maximum absolute atomic E-state index is 12.2. The third kappa shape index (κ3) is 3.50. The molecule has 3 atom stereocenters. The summed E-state index contributed by atoms with van der Waals surface area (Å²) in [5, 5.41) is 22.1. The molecule has 0 aliphatic carbocycles. The second-order valence-electron chi connectivity index (χ2n) is 6.05. The zero-order valence-electron chi connectivity index (χ0n) is 11.9. The van der Waals surface area contributed by atoms with Crippen molar-refractivity contribution in [2.75, 3.05) is 6.54 Å². The zero-order valence-corrected chi connectivity index (χ0v) is 12.8. The molecule has 0 aromatic carbocycles. The number of ether oxygens (including phenoxy) is 1. The van der Waals surface area contributed by atoms with E-state index < -0.39 is 29.9 Å². The molecular formula is C14H21NO4S. The van der Waals surface area contributed by atoms with Crippen molar-refractivity contribution in [1.29, 1.82) is 0 Å². The molecule has 1 fully saturated rings. The lowest BCUT2D eigenvalue weighted by Crippen LogP contribution is -2.42. The monoisotopic (exact) mass is 299 g/mol. The summed E-state index contributed by atoms with van der Waals surface area (Å²) in [4.78, 5) is 14.4. The smallest absolute Gasteiger partial charge is 0.410 e. The summed E-state index contributed by atoms with van der Waals surface area (Å²) < 4.78 is 5.34. The molecule has 2 N–H and O–H groups in total. The average Bonchev–Trinajstić information content (AvgIpc) is 2.94. The summed E-state index contributed by atoms with van der Waals surface area (Å²) in [5.74, 6) is 0. The second-order valence-corrected chi connectivity index (χ2v) is 7.03. The van der Waals surface area contributed by atoms with Gasteiger partial charge < -0.3 is 14.9 Å². The molecule has 1 aromatic heterocycles. The lowest BCUT2D eigenvalue weighted by atomic mass is 10.1. The Morgan fingerprint density at radius 3 is 2.80 bits per heavy atom. The number of nitrogens with zero attached hydrogens (tertiary/aromatic N) is 1. The van der Waals surface area contributed by atoms with E-state index in [9.17, 15) is 15.0 Å². The normalized spacial score (nSPS) is 24.8. The van der Waals surface area contributed by atoms with E-state index >= 15 is 0 Å². The molecule has 0 radical (unpaired) electrons. The summed E-state index contributed by atoms with van der Waals surface area (Å²) in [5.41, 5.74) is -0.594. The van der Waals surface area contributed by atoms with Crippen LogP contribution in [0.25, 0.3) is 0 Å². The van der Waals surface area contributed by atoms with Crippen molar-refractivity contribution in [1.82, 2.24) is 4.90 Å². The lowest BCUT2D eigenvalue weighted by molar-refractivity contribution is 0.00491. The zero-order chi connectivity index (χ0) is 14.9. The first-order valence-electron chi connectivity index (χ1n) is 6.67. The average molecular weight is 299 g/mol. The Hall–Kier alpha value is -1.11. The first-order chi connectivity index (χ1) is 9.28. The molecule has 2 heterocycles. The molecule has 1 amide bonds. The molecule has 0 spiro atoms. The molecule has 0 unspecified atom stereocenters. The fourth-order valence-electron chi connectivity index (χ4n) is 2.32. The van der Waals surface area contributed by atoms with E-state index in [1.165, 1.54) is 16.2 Å². The Kier molecular flexibility index (Phi) is 4.36. The third-order valence-corrected chi connectivity index (χ3v) is 4.09. The number of carbonyl (C=O) groups is 1. The molecule has 6 heteroatoms. The predicted molar refractivity (Wildman–Crippen MR) is 76.6 cm³/mol. The van der Waals surface area contributed by atoms with Crippen molar-refractivity contribution in [3.63, 3.8) is 0 Å². The quantitative estimate of drug-likeness (QED) is 0.878. The van der Waals surface area contributed by atoms with Gasteiger partial charge in [-0.25, -0.2) is 4.79 Å². The first-order valence-corrected chi connectivity index (χ1v) is 7.55. The molecule has 1 aliphatic rings. The SMILES string of the molecule is CC(C)(C)OC(=O)N1C[C@@H](O)C[C@H]1[C@H](O)c1cccs1. The molecule has 1 saturated heterocycles. The molecule has 1 aliphatic heterocycles. The minimum absolute atomic E-state index is 0.196. The van der Waals surface area contributed by atoms with Gasteiger partial charge in [-0.3, -0.25) is 4.90 Å². The number of hydrogen-bond acceptors (Lipinski definition) is 5. The molecule has 1 aromatic rings. The number of hydrogen-bond donors (Lipinski definition) is 2. The van der Waals surface area contributed by atoms with Gasteiger partial charge in [-0.1, -0.05) is 6.07 Å². The number of β-amino-alcohol motifs (C(OH)–C–C–N with tert-alkyl or cyclic N) is 1. The number of aliphatic hydroxyl groups excluding tert-OH is 2. The van der Waals surface area contributed by atoms with Gasteiger partial charge in [0.2, 0.25) is 0 Å². The van der Waals surface area contributed by atoms with Crippen LogP contribution in [-0.2, 0) is 4.74 Å². The van der Waals surface area contributed by atoms with Crippen LogP contribution in [-0.4, -0.2) is 45.5 Å². The Bertz CT molecular complexity index is 454. The third-order valence-electron chi connectivity index (χ3n) is 3.15. The highest BCUT2D eigenvalue weighted by molar-refractivity contribution is 7.10. The summed E-state index contributed by atoms with van der Waals surface area (Å²) in [7, 11) is 0. The van der Waals surface area contributed by atoms with E-state index in [1.54, 1.807) is 20.8 Å². The predicted octanol–water partition coefficient (Wildman–Crippen LogP) is 2.15. The number of thiophene rings is 1. The van der Waals surface area contributed by atoms with Crippen molar-refractivity contribution < 1.29 is 19.7 Å². The van der Waals surface area contributed by atoms with Gasteiger partial charge in [-0.2, -0.15) is 0 Å². The van der Waals surface area contributed by atoms with Crippen molar-refractivity contribution in [2.45, 2.75) is 51.0 Å². The highest BCUT2D eigenvalue weighted by Gasteiger charge is 2.41. The minimum atomic E-state index is -0.792. The molecule has 20 heavy (non-hydrogen) atoms. The van der Waals surface area contributed by atoms with Crippen LogP contribution in [0.3, 0.4) is 0 Å². The Labute approximate surface area is 122 Å². The maximum atomic E-state index is 12.2. The van der Waals surface area contributed by atoms with Gasteiger partial charge in [-0.15, -0.1) is 11.3 Å². The van der Waals surface area contributed by atoms with Gasteiger partial charge in [-0.05, 0) is 38.6 Å². The summed E-state index contributed by atoms with van der Waals surface area (Å²) in [6, 6.07) is 3.23. The fourth-order valence-corrected chi connectivity index (χ4v) is 3.09.